The second-order valence-electron chi connectivity index (χ2n) is 4.32. The average molecular weight is 235 g/mol. The molecule has 17 heavy (non-hydrogen) atoms. The minimum absolute atomic E-state index is 0.442. The Balaban J connectivity index is 1.77. The first-order valence-electron chi connectivity index (χ1n) is 6.42. The van der Waals surface area contributed by atoms with Gasteiger partial charge in [-0.3, -0.25) is 0 Å². The number of hydrogen-bond acceptors (Lipinski definition) is 3. The van der Waals surface area contributed by atoms with Gasteiger partial charge in [-0.1, -0.05) is 25.1 Å². The summed E-state index contributed by atoms with van der Waals surface area (Å²) < 4.78 is 11.2. The highest BCUT2D eigenvalue weighted by atomic mass is 16.5. The molecule has 94 valence electrons. The van der Waals surface area contributed by atoms with Crippen molar-refractivity contribution in [1.29, 1.82) is 0 Å². The summed E-state index contributed by atoms with van der Waals surface area (Å²) >= 11 is 0. The fraction of sp³-hybridized carbons (Fsp3) is 0.571. The van der Waals surface area contributed by atoms with Gasteiger partial charge in [0.2, 0.25) is 0 Å². The van der Waals surface area contributed by atoms with Gasteiger partial charge in [0, 0.05) is 12.6 Å². The van der Waals surface area contributed by atoms with Crippen LogP contribution in [0.5, 0.6) is 5.75 Å². The Bertz CT molecular complexity index is 335. The molecule has 0 aromatic heterocycles. The van der Waals surface area contributed by atoms with Crippen LogP contribution in [0.15, 0.2) is 24.3 Å². The normalized spacial score (nSPS) is 20.2. The predicted octanol–water partition coefficient (Wildman–Crippen LogP) is 2.01. The summed E-state index contributed by atoms with van der Waals surface area (Å²) in [5.74, 6) is 1.02. The average Bonchev–Trinajstić information content (AvgIpc) is 2.40. The van der Waals surface area contributed by atoms with Crippen LogP contribution in [-0.4, -0.2) is 32.4 Å². The van der Waals surface area contributed by atoms with Gasteiger partial charge in [-0.15, -0.1) is 0 Å². The number of morpholine rings is 1. The van der Waals surface area contributed by atoms with Gasteiger partial charge in [0.05, 0.1) is 19.8 Å². The molecule has 1 heterocycles. The largest absolute Gasteiger partial charge is 0.493 e. The van der Waals surface area contributed by atoms with Crippen molar-refractivity contribution in [3.63, 3.8) is 0 Å². The zero-order valence-electron chi connectivity index (χ0n) is 10.4. The summed E-state index contributed by atoms with van der Waals surface area (Å²) in [5.41, 5.74) is 1.28. The quantitative estimate of drug-likeness (QED) is 0.847. The van der Waals surface area contributed by atoms with E-state index in [0.29, 0.717) is 6.04 Å². The molecule has 0 aliphatic carbocycles. The van der Waals surface area contributed by atoms with Crippen LogP contribution in [0.3, 0.4) is 0 Å². The van der Waals surface area contributed by atoms with Gasteiger partial charge in [0.15, 0.2) is 0 Å². The van der Waals surface area contributed by atoms with E-state index in [-0.39, 0.29) is 0 Å². The monoisotopic (exact) mass is 235 g/mol. The SMILES string of the molecule is CCc1ccccc1OCCC1COCCN1. The molecule has 3 nitrogen and oxygen atoms in total. The predicted molar refractivity (Wildman–Crippen MR) is 68.5 cm³/mol. The van der Waals surface area contributed by atoms with E-state index >= 15 is 0 Å². The van der Waals surface area contributed by atoms with Gasteiger partial charge in [-0.25, -0.2) is 0 Å². The highest BCUT2D eigenvalue weighted by Gasteiger charge is 2.12. The van der Waals surface area contributed by atoms with E-state index < -0.39 is 0 Å². The molecule has 1 unspecified atom stereocenters. The van der Waals surface area contributed by atoms with Crippen LogP contribution in [0.25, 0.3) is 0 Å². The first-order chi connectivity index (χ1) is 8.40. The molecule has 0 spiro atoms. The van der Waals surface area contributed by atoms with Crippen molar-refractivity contribution in [1.82, 2.24) is 5.32 Å². The number of para-hydroxylation sites is 1. The fourth-order valence-electron chi connectivity index (χ4n) is 2.05. The molecule has 1 aromatic rings. The summed E-state index contributed by atoms with van der Waals surface area (Å²) in [6.45, 7) is 5.49. The standard InChI is InChI=1S/C14H21NO2/c1-2-12-5-3-4-6-14(12)17-9-7-13-11-16-10-8-15-13/h3-6,13,15H,2,7-11H2,1H3. The van der Waals surface area contributed by atoms with Crippen molar-refractivity contribution in [2.45, 2.75) is 25.8 Å². The van der Waals surface area contributed by atoms with Gasteiger partial charge >= 0.3 is 0 Å². The minimum Gasteiger partial charge on any atom is -0.493 e. The molecule has 0 radical (unpaired) electrons. The Morgan fingerprint density at radius 1 is 1.41 bits per heavy atom. The van der Waals surface area contributed by atoms with Gasteiger partial charge in [0.1, 0.15) is 5.75 Å². The van der Waals surface area contributed by atoms with Crippen molar-refractivity contribution in [3.8, 4) is 5.75 Å². The van der Waals surface area contributed by atoms with Gasteiger partial charge in [-0.05, 0) is 24.5 Å². The summed E-state index contributed by atoms with van der Waals surface area (Å²) in [5, 5.41) is 3.43. The zero-order valence-corrected chi connectivity index (χ0v) is 10.4. The number of nitrogens with one attached hydrogen (secondary N) is 1. The van der Waals surface area contributed by atoms with Crippen LogP contribution in [-0.2, 0) is 11.2 Å². The molecule has 3 heteroatoms. The molecule has 0 amide bonds. The third-order valence-electron chi connectivity index (χ3n) is 3.08. The number of ether oxygens (including phenoxy) is 2. The molecule has 2 rings (SSSR count). The minimum atomic E-state index is 0.442. The van der Waals surface area contributed by atoms with E-state index in [0.717, 1.165) is 45.0 Å². The number of hydrogen-bond donors (Lipinski definition) is 1. The number of benzene rings is 1. The second kappa shape index (κ2) is 6.62. The molecule has 1 aromatic carbocycles. The third-order valence-corrected chi connectivity index (χ3v) is 3.08. The summed E-state index contributed by atoms with van der Waals surface area (Å²) in [6.07, 6.45) is 2.01. The Hall–Kier alpha value is -1.06. The lowest BCUT2D eigenvalue weighted by molar-refractivity contribution is 0.0691. The maximum absolute atomic E-state index is 5.84. The lowest BCUT2D eigenvalue weighted by atomic mass is 10.1. The number of aryl methyl sites for hydroxylation is 1. The van der Waals surface area contributed by atoms with E-state index in [1.807, 2.05) is 12.1 Å². The Morgan fingerprint density at radius 2 is 2.29 bits per heavy atom. The molecule has 0 saturated carbocycles. The molecule has 1 fully saturated rings. The van der Waals surface area contributed by atoms with Crippen LogP contribution in [0, 0.1) is 0 Å². The zero-order chi connectivity index (χ0) is 11.9. The number of rotatable bonds is 5. The van der Waals surface area contributed by atoms with Crippen molar-refractivity contribution in [3.05, 3.63) is 29.8 Å². The Labute approximate surface area is 103 Å². The summed E-state index contributed by atoms with van der Waals surface area (Å²) in [7, 11) is 0. The van der Waals surface area contributed by atoms with Gasteiger partial charge in [0.25, 0.3) is 0 Å². The van der Waals surface area contributed by atoms with Gasteiger partial charge < -0.3 is 14.8 Å². The molecule has 1 saturated heterocycles. The Morgan fingerprint density at radius 3 is 3.06 bits per heavy atom. The highest BCUT2D eigenvalue weighted by molar-refractivity contribution is 5.33. The molecule has 0 bridgehead atoms. The fourth-order valence-corrected chi connectivity index (χ4v) is 2.05. The van der Waals surface area contributed by atoms with Crippen molar-refractivity contribution >= 4 is 0 Å². The molecule has 1 aliphatic heterocycles. The summed E-state index contributed by atoms with van der Waals surface area (Å²) in [4.78, 5) is 0. The van der Waals surface area contributed by atoms with Crippen molar-refractivity contribution < 1.29 is 9.47 Å². The van der Waals surface area contributed by atoms with E-state index in [9.17, 15) is 0 Å². The molecule has 1 atom stereocenters. The van der Waals surface area contributed by atoms with Crippen LogP contribution >= 0.6 is 0 Å². The topological polar surface area (TPSA) is 30.5 Å². The summed E-state index contributed by atoms with van der Waals surface area (Å²) in [6, 6.07) is 8.69. The van der Waals surface area contributed by atoms with E-state index in [1.54, 1.807) is 0 Å². The van der Waals surface area contributed by atoms with Crippen LogP contribution in [0.2, 0.25) is 0 Å². The highest BCUT2D eigenvalue weighted by Crippen LogP contribution is 2.18. The van der Waals surface area contributed by atoms with E-state index in [1.165, 1.54) is 5.56 Å². The molecular weight excluding hydrogens is 214 g/mol. The second-order valence-corrected chi connectivity index (χ2v) is 4.32. The lowest BCUT2D eigenvalue weighted by Crippen LogP contribution is -2.42. The van der Waals surface area contributed by atoms with Crippen molar-refractivity contribution in [2.75, 3.05) is 26.4 Å². The van der Waals surface area contributed by atoms with Crippen molar-refractivity contribution in [2.24, 2.45) is 0 Å². The van der Waals surface area contributed by atoms with Crippen LogP contribution < -0.4 is 10.1 Å². The maximum Gasteiger partial charge on any atom is 0.122 e. The van der Waals surface area contributed by atoms with Crippen LogP contribution in [0.1, 0.15) is 18.9 Å². The van der Waals surface area contributed by atoms with E-state index in [4.69, 9.17) is 9.47 Å². The molecule has 1 N–H and O–H groups in total. The molecule has 1 aliphatic rings. The smallest absolute Gasteiger partial charge is 0.122 e. The van der Waals surface area contributed by atoms with Gasteiger partial charge in [-0.2, -0.15) is 0 Å². The van der Waals surface area contributed by atoms with E-state index in [2.05, 4.69) is 24.4 Å². The first kappa shape index (κ1) is 12.4. The first-order valence-corrected chi connectivity index (χ1v) is 6.42. The Kier molecular flexibility index (Phi) is 4.83. The molecular formula is C14H21NO2. The van der Waals surface area contributed by atoms with Crippen LogP contribution in [0.4, 0.5) is 0 Å². The maximum atomic E-state index is 5.84. The third kappa shape index (κ3) is 3.72. The lowest BCUT2D eigenvalue weighted by Gasteiger charge is -2.23.